The molecule has 0 aliphatic carbocycles. The Morgan fingerprint density at radius 3 is 2.57 bits per heavy atom. The molecule has 0 unspecified atom stereocenters. The van der Waals surface area contributed by atoms with Crippen LogP contribution in [0.2, 0.25) is 5.02 Å². The van der Waals surface area contributed by atoms with Crippen molar-refractivity contribution >= 4 is 35.1 Å². The Bertz CT molecular complexity index is 993. The van der Waals surface area contributed by atoms with Crippen molar-refractivity contribution in [2.45, 2.75) is 16.8 Å². The number of aromatic amines is 1. The summed E-state index contributed by atoms with van der Waals surface area (Å²) in [6.45, 7) is 0.477. The third kappa shape index (κ3) is 5.61. The zero-order valence-electron chi connectivity index (χ0n) is 14.9. The van der Waals surface area contributed by atoms with E-state index >= 15 is 0 Å². The molecule has 6 nitrogen and oxygen atoms in total. The fraction of sp³-hybridized carbons (Fsp3) is 0.150. The smallest absolute Gasteiger partial charge is 0.253 e. The van der Waals surface area contributed by atoms with Crippen molar-refractivity contribution in [2.24, 2.45) is 0 Å². The zero-order chi connectivity index (χ0) is 19.9. The van der Waals surface area contributed by atoms with E-state index in [4.69, 9.17) is 17.3 Å². The number of rotatable bonds is 7. The fourth-order valence-electron chi connectivity index (χ4n) is 2.60. The molecular weight excluding hydrogens is 396 g/mol. The summed E-state index contributed by atoms with van der Waals surface area (Å²) in [7, 11) is 0. The SMILES string of the molecule is Nc1cc(=O)[nH]c(S[C@H](C(=O)NCCc2ccc(Cl)cc2)c2ccccc2)n1. The lowest BCUT2D eigenvalue weighted by molar-refractivity contribution is -0.120. The highest BCUT2D eigenvalue weighted by Crippen LogP contribution is 2.33. The summed E-state index contributed by atoms with van der Waals surface area (Å²) < 4.78 is 0. The van der Waals surface area contributed by atoms with Crippen LogP contribution in [0.1, 0.15) is 16.4 Å². The second kappa shape index (κ2) is 9.43. The topological polar surface area (TPSA) is 101 Å². The minimum Gasteiger partial charge on any atom is -0.383 e. The molecule has 0 radical (unpaired) electrons. The number of benzene rings is 2. The van der Waals surface area contributed by atoms with Crippen LogP contribution in [0.15, 0.2) is 70.6 Å². The number of carbonyl (C=O) groups is 1. The largest absolute Gasteiger partial charge is 0.383 e. The van der Waals surface area contributed by atoms with Crippen molar-refractivity contribution in [1.82, 2.24) is 15.3 Å². The average molecular weight is 415 g/mol. The van der Waals surface area contributed by atoms with Crippen LogP contribution in [0.3, 0.4) is 0 Å². The normalized spacial score (nSPS) is 11.8. The van der Waals surface area contributed by atoms with E-state index in [1.54, 1.807) is 0 Å². The van der Waals surface area contributed by atoms with Crippen LogP contribution in [0.5, 0.6) is 0 Å². The number of carbonyl (C=O) groups excluding carboxylic acids is 1. The van der Waals surface area contributed by atoms with Crippen molar-refractivity contribution in [3.05, 3.63) is 87.2 Å². The molecule has 0 fully saturated rings. The van der Waals surface area contributed by atoms with E-state index in [2.05, 4.69) is 15.3 Å². The van der Waals surface area contributed by atoms with E-state index in [9.17, 15) is 9.59 Å². The standard InChI is InChI=1S/C20H19ClN4O2S/c21-15-8-6-13(7-9-15)10-11-23-19(27)18(14-4-2-1-3-5-14)28-20-24-16(22)12-17(26)25-20/h1-9,12,18H,10-11H2,(H,23,27)(H3,22,24,25,26)/t18-/m0/s1. The molecule has 0 saturated heterocycles. The van der Waals surface area contributed by atoms with Crippen molar-refractivity contribution in [3.63, 3.8) is 0 Å². The Balaban J connectivity index is 1.71. The van der Waals surface area contributed by atoms with Gasteiger partial charge < -0.3 is 16.0 Å². The van der Waals surface area contributed by atoms with Gasteiger partial charge in [-0.1, -0.05) is 65.8 Å². The molecule has 4 N–H and O–H groups in total. The molecule has 1 aromatic heterocycles. The van der Waals surface area contributed by atoms with E-state index in [1.807, 2.05) is 54.6 Å². The van der Waals surface area contributed by atoms with E-state index < -0.39 is 5.25 Å². The number of hydrogen-bond donors (Lipinski definition) is 3. The number of amides is 1. The van der Waals surface area contributed by atoms with Crippen LogP contribution < -0.4 is 16.6 Å². The van der Waals surface area contributed by atoms with E-state index in [1.165, 1.54) is 6.07 Å². The van der Waals surface area contributed by atoms with Crippen molar-refractivity contribution in [1.29, 1.82) is 0 Å². The first-order valence-corrected chi connectivity index (χ1v) is 9.87. The van der Waals surface area contributed by atoms with E-state index in [0.29, 0.717) is 23.1 Å². The lowest BCUT2D eigenvalue weighted by Crippen LogP contribution is -2.30. The summed E-state index contributed by atoms with van der Waals surface area (Å²) in [6.07, 6.45) is 0.683. The summed E-state index contributed by atoms with van der Waals surface area (Å²) in [6, 6.07) is 18.0. The second-order valence-electron chi connectivity index (χ2n) is 6.05. The molecule has 3 rings (SSSR count). The molecule has 0 aliphatic rings. The quantitative estimate of drug-likeness (QED) is 0.407. The number of aromatic nitrogens is 2. The first-order valence-electron chi connectivity index (χ1n) is 8.62. The number of nitrogens with two attached hydrogens (primary N) is 1. The molecular formula is C20H19ClN4O2S. The maximum atomic E-state index is 12.9. The van der Waals surface area contributed by atoms with Gasteiger partial charge in [0.15, 0.2) is 5.16 Å². The van der Waals surface area contributed by atoms with Gasteiger partial charge in [0.1, 0.15) is 11.1 Å². The maximum Gasteiger partial charge on any atom is 0.253 e. The first kappa shape index (κ1) is 20.0. The van der Waals surface area contributed by atoms with Gasteiger partial charge in [-0.25, -0.2) is 4.98 Å². The van der Waals surface area contributed by atoms with Crippen LogP contribution >= 0.6 is 23.4 Å². The Kier molecular flexibility index (Phi) is 6.73. The van der Waals surface area contributed by atoms with Gasteiger partial charge in [0.05, 0.1) is 0 Å². The number of nitrogen functional groups attached to an aromatic ring is 1. The molecule has 2 aromatic carbocycles. The summed E-state index contributed by atoms with van der Waals surface area (Å²) in [5.41, 5.74) is 7.18. The predicted molar refractivity (Wildman–Crippen MR) is 112 cm³/mol. The number of thioether (sulfide) groups is 1. The molecule has 144 valence electrons. The van der Waals surface area contributed by atoms with Crippen LogP contribution in [-0.2, 0) is 11.2 Å². The van der Waals surface area contributed by atoms with Gasteiger partial charge in [-0.05, 0) is 29.7 Å². The minimum atomic E-state index is -0.573. The molecule has 1 heterocycles. The van der Waals surface area contributed by atoms with Crippen molar-refractivity contribution < 1.29 is 4.79 Å². The van der Waals surface area contributed by atoms with Gasteiger partial charge in [0.25, 0.3) is 5.56 Å². The van der Waals surface area contributed by atoms with Gasteiger partial charge in [0.2, 0.25) is 5.91 Å². The summed E-state index contributed by atoms with van der Waals surface area (Å²) >= 11 is 7.04. The molecule has 0 saturated carbocycles. The fourth-order valence-corrected chi connectivity index (χ4v) is 3.75. The Hall–Kier alpha value is -2.77. The lowest BCUT2D eigenvalue weighted by Gasteiger charge is -2.16. The monoisotopic (exact) mass is 414 g/mol. The highest BCUT2D eigenvalue weighted by molar-refractivity contribution is 8.00. The molecule has 1 atom stereocenters. The van der Waals surface area contributed by atoms with Crippen LogP contribution in [0, 0.1) is 0 Å². The van der Waals surface area contributed by atoms with E-state index in [-0.39, 0.29) is 17.3 Å². The average Bonchev–Trinajstić information content (AvgIpc) is 2.67. The van der Waals surface area contributed by atoms with Gasteiger partial charge in [-0.3, -0.25) is 9.59 Å². The van der Waals surface area contributed by atoms with Crippen molar-refractivity contribution in [3.8, 4) is 0 Å². The van der Waals surface area contributed by atoms with Crippen LogP contribution in [0.4, 0.5) is 5.82 Å². The molecule has 0 bridgehead atoms. The molecule has 0 spiro atoms. The third-order valence-electron chi connectivity index (χ3n) is 3.94. The first-order chi connectivity index (χ1) is 13.5. The third-order valence-corrected chi connectivity index (χ3v) is 5.33. The number of anilines is 1. The van der Waals surface area contributed by atoms with Gasteiger partial charge in [0, 0.05) is 17.6 Å². The number of nitrogens with zero attached hydrogens (tertiary/aromatic N) is 1. The summed E-state index contributed by atoms with van der Waals surface area (Å²) in [5.74, 6) is -0.0588. The number of H-pyrrole nitrogens is 1. The van der Waals surface area contributed by atoms with Gasteiger partial charge in [-0.15, -0.1) is 0 Å². The lowest BCUT2D eigenvalue weighted by atomic mass is 10.1. The highest BCUT2D eigenvalue weighted by Gasteiger charge is 2.23. The second-order valence-corrected chi connectivity index (χ2v) is 7.58. The van der Waals surface area contributed by atoms with Crippen molar-refractivity contribution in [2.75, 3.05) is 12.3 Å². The molecule has 3 aromatic rings. The number of hydrogen-bond acceptors (Lipinski definition) is 5. The van der Waals surface area contributed by atoms with Gasteiger partial charge in [-0.2, -0.15) is 0 Å². The highest BCUT2D eigenvalue weighted by atomic mass is 35.5. The number of nitrogens with one attached hydrogen (secondary N) is 2. The van der Waals surface area contributed by atoms with E-state index in [0.717, 1.165) is 22.9 Å². The molecule has 0 aliphatic heterocycles. The molecule has 8 heteroatoms. The Morgan fingerprint density at radius 1 is 1.18 bits per heavy atom. The van der Waals surface area contributed by atoms with Crippen LogP contribution in [-0.4, -0.2) is 22.4 Å². The molecule has 1 amide bonds. The Morgan fingerprint density at radius 2 is 1.89 bits per heavy atom. The molecule has 28 heavy (non-hydrogen) atoms. The predicted octanol–water partition coefficient (Wildman–Crippen LogP) is 3.20. The van der Waals surface area contributed by atoms with Crippen LogP contribution in [0.25, 0.3) is 0 Å². The zero-order valence-corrected chi connectivity index (χ0v) is 16.5. The summed E-state index contributed by atoms with van der Waals surface area (Å²) in [4.78, 5) is 31.2. The minimum absolute atomic E-state index is 0.112. The number of halogens is 1. The van der Waals surface area contributed by atoms with Gasteiger partial charge >= 0.3 is 0 Å². The maximum absolute atomic E-state index is 12.9. The Labute approximate surface area is 171 Å². The summed E-state index contributed by atoms with van der Waals surface area (Å²) in [5, 5.41) is 3.35.